The predicted octanol–water partition coefficient (Wildman–Crippen LogP) is 1.03. The molecule has 0 amide bonds. The van der Waals surface area contributed by atoms with Gasteiger partial charge in [0.05, 0.1) is 0 Å². The van der Waals surface area contributed by atoms with Gasteiger partial charge in [0.1, 0.15) is 0 Å². The van der Waals surface area contributed by atoms with Gasteiger partial charge in [-0.2, -0.15) is 0 Å². The first kappa shape index (κ1) is 13.3. The molecule has 0 radical (unpaired) electrons. The lowest BCUT2D eigenvalue weighted by atomic mass is 11.0. The van der Waals surface area contributed by atoms with Crippen LogP contribution in [-0.2, 0) is 0 Å². The van der Waals surface area contributed by atoms with Crippen LogP contribution in [0.5, 0.6) is 0 Å². The molecule has 0 atom stereocenters. The van der Waals surface area contributed by atoms with Gasteiger partial charge in [-0.1, -0.05) is 7.92 Å². The van der Waals surface area contributed by atoms with Gasteiger partial charge in [0, 0.05) is 18.9 Å². The molecule has 0 bridgehead atoms. The van der Waals surface area contributed by atoms with E-state index in [1.54, 1.807) is 0 Å². The molecule has 0 aromatic carbocycles. The fourth-order valence-electron chi connectivity index (χ4n) is 1.33. The fourth-order valence-corrected chi connectivity index (χ4v) is 4.00. The molecule has 0 aromatic rings. The lowest BCUT2D eigenvalue weighted by Gasteiger charge is -2.27. The summed E-state index contributed by atoms with van der Waals surface area (Å²) >= 11 is 0. The highest BCUT2D eigenvalue weighted by molar-refractivity contribution is 7.57. The lowest BCUT2D eigenvalue weighted by Crippen LogP contribution is -2.24. The van der Waals surface area contributed by atoms with Gasteiger partial charge in [-0.05, 0) is 42.3 Å². The highest BCUT2D eigenvalue weighted by atomic mass is 31.1. The van der Waals surface area contributed by atoms with Crippen LogP contribution >= 0.6 is 7.92 Å². The van der Waals surface area contributed by atoms with E-state index >= 15 is 0 Å². The van der Waals surface area contributed by atoms with Crippen LogP contribution in [0.15, 0.2) is 0 Å². The summed E-state index contributed by atoms with van der Waals surface area (Å²) < 4.78 is 0. The standard InChI is InChI=1S/C9H24N3P/c1-10(2)7-13(8-11(3)4)9-12(5)6/h7-9H2,1-6H3. The molecule has 3 nitrogen and oxygen atoms in total. The maximum absolute atomic E-state index is 2.29. The second-order valence-electron chi connectivity index (χ2n) is 4.33. The van der Waals surface area contributed by atoms with Crippen LogP contribution in [0.2, 0.25) is 0 Å². The molecule has 0 aliphatic rings. The van der Waals surface area contributed by atoms with Gasteiger partial charge in [-0.15, -0.1) is 0 Å². The van der Waals surface area contributed by atoms with Crippen LogP contribution in [0.3, 0.4) is 0 Å². The molecule has 0 fully saturated rings. The Morgan fingerprint density at radius 3 is 1.00 bits per heavy atom. The zero-order valence-electron chi connectivity index (χ0n) is 9.91. The van der Waals surface area contributed by atoms with Gasteiger partial charge < -0.3 is 14.7 Å². The second kappa shape index (κ2) is 6.72. The van der Waals surface area contributed by atoms with Crippen LogP contribution in [0.1, 0.15) is 0 Å². The Morgan fingerprint density at radius 1 is 0.615 bits per heavy atom. The van der Waals surface area contributed by atoms with E-state index in [-0.39, 0.29) is 7.92 Å². The van der Waals surface area contributed by atoms with Crippen molar-refractivity contribution in [3.05, 3.63) is 0 Å². The minimum Gasteiger partial charge on any atom is -0.305 e. The quantitative estimate of drug-likeness (QED) is 0.600. The van der Waals surface area contributed by atoms with E-state index in [1.165, 1.54) is 18.9 Å². The van der Waals surface area contributed by atoms with Crippen molar-refractivity contribution in [1.82, 2.24) is 14.7 Å². The van der Waals surface area contributed by atoms with E-state index in [0.29, 0.717) is 0 Å². The molecule has 80 valence electrons. The van der Waals surface area contributed by atoms with Crippen LogP contribution < -0.4 is 0 Å². The molecular weight excluding hydrogens is 181 g/mol. The van der Waals surface area contributed by atoms with Crippen molar-refractivity contribution in [1.29, 1.82) is 0 Å². The topological polar surface area (TPSA) is 9.72 Å². The molecule has 0 unspecified atom stereocenters. The summed E-state index contributed by atoms with van der Waals surface area (Å²) in [6, 6.07) is 0. The fraction of sp³-hybridized carbons (Fsp3) is 1.00. The average Bonchev–Trinajstić information content (AvgIpc) is 1.80. The zero-order valence-corrected chi connectivity index (χ0v) is 10.8. The summed E-state index contributed by atoms with van der Waals surface area (Å²) in [6.07, 6.45) is 3.68. The van der Waals surface area contributed by atoms with Gasteiger partial charge in [0.15, 0.2) is 0 Å². The van der Waals surface area contributed by atoms with Crippen molar-refractivity contribution in [3.63, 3.8) is 0 Å². The van der Waals surface area contributed by atoms with Crippen LogP contribution in [0, 0.1) is 0 Å². The molecule has 13 heavy (non-hydrogen) atoms. The van der Waals surface area contributed by atoms with Gasteiger partial charge in [0.25, 0.3) is 0 Å². The van der Waals surface area contributed by atoms with Crippen molar-refractivity contribution in [2.75, 3.05) is 61.1 Å². The largest absolute Gasteiger partial charge is 0.305 e. The number of hydrogen-bond acceptors (Lipinski definition) is 3. The minimum atomic E-state index is 0.0988. The monoisotopic (exact) mass is 205 g/mol. The summed E-state index contributed by atoms with van der Waals surface area (Å²) in [5, 5.41) is 0. The van der Waals surface area contributed by atoms with E-state index in [1.807, 2.05) is 0 Å². The predicted molar refractivity (Wildman–Crippen MR) is 62.6 cm³/mol. The lowest BCUT2D eigenvalue weighted by molar-refractivity contribution is 0.437. The van der Waals surface area contributed by atoms with E-state index < -0.39 is 0 Å². The van der Waals surface area contributed by atoms with Gasteiger partial charge in [0.2, 0.25) is 0 Å². The third-order valence-electron chi connectivity index (χ3n) is 1.45. The van der Waals surface area contributed by atoms with E-state index in [0.717, 1.165) is 0 Å². The molecule has 0 aliphatic heterocycles. The van der Waals surface area contributed by atoms with Crippen molar-refractivity contribution < 1.29 is 0 Å². The maximum atomic E-state index is 2.29. The Morgan fingerprint density at radius 2 is 0.846 bits per heavy atom. The molecule has 0 heterocycles. The second-order valence-corrected chi connectivity index (χ2v) is 6.52. The smallest absolute Gasteiger partial charge is 0.0201 e. The summed E-state index contributed by atoms with van der Waals surface area (Å²) in [7, 11) is 13.0. The molecule has 0 aromatic heterocycles. The Kier molecular flexibility index (Phi) is 6.88. The summed E-state index contributed by atoms with van der Waals surface area (Å²) in [4.78, 5) is 6.87. The normalized spacial score (nSPS) is 12.5. The zero-order chi connectivity index (χ0) is 10.4. The van der Waals surface area contributed by atoms with Gasteiger partial charge in [-0.3, -0.25) is 0 Å². The molecule has 0 aliphatic carbocycles. The third kappa shape index (κ3) is 8.63. The highest BCUT2D eigenvalue weighted by Gasteiger charge is 2.10. The molecular formula is C9H24N3P. The van der Waals surface area contributed by atoms with Crippen molar-refractivity contribution in [3.8, 4) is 0 Å². The third-order valence-corrected chi connectivity index (χ3v) is 4.35. The Labute approximate surface area is 84.4 Å². The first-order valence-electron chi connectivity index (χ1n) is 4.58. The van der Waals surface area contributed by atoms with Crippen molar-refractivity contribution in [2.24, 2.45) is 0 Å². The molecule has 0 rings (SSSR count). The Hall–Kier alpha value is 0.310. The Balaban J connectivity index is 3.87. The maximum Gasteiger partial charge on any atom is 0.0201 e. The first-order valence-corrected chi connectivity index (χ1v) is 6.48. The molecule has 4 heteroatoms. The SMILES string of the molecule is CN(C)CP(CN(C)C)CN(C)C. The summed E-state index contributed by atoms with van der Waals surface area (Å²) in [5.74, 6) is 0. The molecule has 0 N–H and O–H groups in total. The average molecular weight is 205 g/mol. The van der Waals surface area contributed by atoms with E-state index in [9.17, 15) is 0 Å². The van der Waals surface area contributed by atoms with Crippen molar-refractivity contribution in [2.45, 2.75) is 0 Å². The van der Waals surface area contributed by atoms with E-state index in [4.69, 9.17) is 0 Å². The van der Waals surface area contributed by atoms with Crippen LogP contribution in [-0.4, -0.2) is 75.8 Å². The van der Waals surface area contributed by atoms with Gasteiger partial charge in [-0.25, -0.2) is 0 Å². The Bertz CT molecular complexity index is 102. The van der Waals surface area contributed by atoms with Gasteiger partial charge >= 0.3 is 0 Å². The van der Waals surface area contributed by atoms with E-state index in [2.05, 4.69) is 57.0 Å². The van der Waals surface area contributed by atoms with Crippen LogP contribution in [0.4, 0.5) is 0 Å². The number of rotatable bonds is 6. The van der Waals surface area contributed by atoms with Crippen molar-refractivity contribution >= 4 is 7.92 Å². The highest BCUT2D eigenvalue weighted by Crippen LogP contribution is 2.35. The number of nitrogens with zero attached hydrogens (tertiary/aromatic N) is 3. The summed E-state index contributed by atoms with van der Waals surface area (Å²) in [5.41, 5.74) is 0. The molecule has 0 saturated carbocycles. The molecule has 0 spiro atoms. The van der Waals surface area contributed by atoms with Crippen LogP contribution in [0.25, 0.3) is 0 Å². The minimum absolute atomic E-state index is 0.0988. The number of hydrogen-bond donors (Lipinski definition) is 0. The molecule has 0 saturated heterocycles. The first-order chi connectivity index (χ1) is 5.91. The summed E-state index contributed by atoms with van der Waals surface area (Å²) in [6.45, 7) is 0.